The Morgan fingerprint density at radius 1 is 1.17 bits per heavy atom. The molecule has 2 rings (SSSR count). The lowest BCUT2D eigenvalue weighted by Crippen LogP contribution is -2.52. The molecule has 0 radical (unpaired) electrons. The van der Waals surface area contributed by atoms with Gasteiger partial charge in [0.2, 0.25) is 5.91 Å². The monoisotopic (exact) mass is 340 g/mol. The molecule has 0 bridgehead atoms. The van der Waals surface area contributed by atoms with Crippen LogP contribution < -0.4 is 4.90 Å². The highest BCUT2D eigenvalue weighted by atomic mass is 35.5. The SMILES string of the molecule is CC(C)C(C(=O)O)C(=O)N1CCN(c2cc(Cl)ccc2O)CC1. The van der Waals surface area contributed by atoms with Crippen molar-refractivity contribution >= 4 is 29.2 Å². The molecule has 1 fully saturated rings. The summed E-state index contributed by atoms with van der Waals surface area (Å²) >= 11 is 5.96. The fourth-order valence-corrected chi connectivity index (χ4v) is 2.96. The van der Waals surface area contributed by atoms with Crippen molar-refractivity contribution in [1.29, 1.82) is 0 Å². The summed E-state index contributed by atoms with van der Waals surface area (Å²) in [5.74, 6) is -2.56. The molecule has 1 amide bonds. The Hall–Kier alpha value is -1.95. The quantitative estimate of drug-likeness (QED) is 0.820. The Balaban J connectivity index is 2.05. The van der Waals surface area contributed by atoms with E-state index in [0.29, 0.717) is 36.9 Å². The molecule has 7 heteroatoms. The molecule has 1 aliphatic rings. The summed E-state index contributed by atoms with van der Waals surface area (Å²) in [6.07, 6.45) is 0. The van der Waals surface area contributed by atoms with E-state index in [2.05, 4.69) is 0 Å². The number of amides is 1. The summed E-state index contributed by atoms with van der Waals surface area (Å²) < 4.78 is 0. The zero-order valence-electron chi connectivity index (χ0n) is 13.2. The number of aliphatic carboxylic acids is 1. The minimum Gasteiger partial charge on any atom is -0.506 e. The molecule has 126 valence electrons. The van der Waals surface area contributed by atoms with Gasteiger partial charge in [-0.05, 0) is 24.1 Å². The maximum absolute atomic E-state index is 12.4. The number of carbonyl (C=O) groups is 2. The number of carboxylic acid groups (broad SMARTS) is 1. The second kappa shape index (κ2) is 7.08. The summed E-state index contributed by atoms with van der Waals surface area (Å²) in [5.41, 5.74) is 0.628. The fourth-order valence-electron chi connectivity index (χ4n) is 2.79. The molecule has 1 unspecified atom stereocenters. The number of carboxylic acids is 1. The molecular formula is C16H21ClN2O4. The Morgan fingerprint density at radius 3 is 2.30 bits per heavy atom. The molecule has 1 heterocycles. The van der Waals surface area contributed by atoms with Gasteiger partial charge >= 0.3 is 5.97 Å². The highest BCUT2D eigenvalue weighted by Gasteiger charge is 2.34. The summed E-state index contributed by atoms with van der Waals surface area (Å²) in [5, 5.41) is 19.7. The number of phenols is 1. The van der Waals surface area contributed by atoms with Crippen molar-refractivity contribution in [3.05, 3.63) is 23.2 Å². The third-order valence-electron chi connectivity index (χ3n) is 4.07. The zero-order valence-corrected chi connectivity index (χ0v) is 14.0. The first-order valence-electron chi connectivity index (χ1n) is 7.56. The molecule has 1 aliphatic heterocycles. The molecule has 1 aromatic carbocycles. The van der Waals surface area contributed by atoms with Crippen LogP contribution in [0.4, 0.5) is 5.69 Å². The van der Waals surface area contributed by atoms with Crippen LogP contribution in [-0.2, 0) is 9.59 Å². The van der Waals surface area contributed by atoms with E-state index in [-0.39, 0.29) is 17.6 Å². The van der Waals surface area contributed by atoms with E-state index in [9.17, 15) is 19.8 Å². The lowest BCUT2D eigenvalue weighted by atomic mass is 9.94. The van der Waals surface area contributed by atoms with Crippen molar-refractivity contribution in [1.82, 2.24) is 4.90 Å². The second-order valence-electron chi connectivity index (χ2n) is 6.01. The molecule has 1 saturated heterocycles. The second-order valence-corrected chi connectivity index (χ2v) is 6.44. The van der Waals surface area contributed by atoms with Gasteiger partial charge in [0.1, 0.15) is 11.7 Å². The van der Waals surface area contributed by atoms with E-state index in [1.54, 1.807) is 30.9 Å². The first-order valence-corrected chi connectivity index (χ1v) is 7.94. The van der Waals surface area contributed by atoms with Crippen molar-refractivity contribution in [2.75, 3.05) is 31.1 Å². The number of rotatable bonds is 4. The van der Waals surface area contributed by atoms with Gasteiger partial charge in [-0.2, -0.15) is 0 Å². The molecular weight excluding hydrogens is 320 g/mol. The number of anilines is 1. The van der Waals surface area contributed by atoms with Crippen molar-refractivity contribution < 1.29 is 19.8 Å². The van der Waals surface area contributed by atoms with Crippen molar-refractivity contribution in [3.8, 4) is 5.75 Å². The molecule has 0 aliphatic carbocycles. The van der Waals surface area contributed by atoms with Crippen LogP contribution in [0.3, 0.4) is 0 Å². The van der Waals surface area contributed by atoms with E-state index in [1.807, 2.05) is 4.90 Å². The van der Waals surface area contributed by atoms with Crippen LogP contribution in [0.25, 0.3) is 0 Å². The lowest BCUT2D eigenvalue weighted by molar-refractivity contribution is -0.153. The zero-order chi connectivity index (χ0) is 17.1. The van der Waals surface area contributed by atoms with Gasteiger partial charge in [-0.3, -0.25) is 9.59 Å². The number of benzene rings is 1. The lowest BCUT2D eigenvalue weighted by Gasteiger charge is -2.37. The highest BCUT2D eigenvalue weighted by Crippen LogP contribution is 2.31. The largest absolute Gasteiger partial charge is 0.506 e. The van der Waals surface area contributed by atoms with Crippen LogP contribution in [-0.4, -0.2) is 53.2 Å². The first-order chi connectivity index (χ1) is 10.8. The first kappa shape index (κ1) is 17.4. The Kier molecular flexibility index (Phi) is 5.36. The van der Waals surface area contributed by atoms with E-state index < -0.39 is 11.9 Å². The van der Waals surface area contributed by atoms with Crippen LogP contribution in [0.2, 0.25) is 5.02 Å². The van der Waals surface area contributed by atoms with E-state index in [0.717, 1.165) is 0 Å². The normalized spacial score (nSPS) is 16.5. The van der Waals surface area contributed by atoms with Gasteiger partial charge in [0, 0.05) is 31.2 Å². The standard InChI is InChI=1S/C16H21ClN2O4/c1-10(2)14(16(22)23)15(21)19-7-5-18(6-8-19)12-9-11(17)3-4-13(12)20/h3-4,9-10,14,20H,5-8H2,1-2H3,(H,22,23). The van der Waals surface area contributed by atoms with Crippen molar-refractivity contribution in [2.24, 2.45) is 11.8 Å². The number of piperazine rings is 1. The number of phenolic OH excluding ortho intramolecular Hbond substituents is 1. The molecule has 1 aromatic rings. The van der Waals surface area contributed by atoms with Gasteiger partial charge < -0.3 is 20.0 Å². The minimum atomic E-state index is -1.08. The highest BCUT2D eigenvalue weighted by molar-refractivity contribution is 6.30. The predicted octanol–water partition coefficient (Wildman–Crippen LogP) is 2.05. The summed E-state index contributed by atoms with van der Waals surface area (Å²) in [6.45, 7) is 5.34. The number of hydrogen-bond acceptors (Lipinski definition) is 4. The number of halogens is 1. The van der Waals surface area contributed by atoms with Gasteiger partial charge in [0.15, 0.2) is 0 Å². The summed E-state index contributed by atoms with van der Waals surface area (Å²) in [6, 6.07) is 4.83. The molecule has 6 nitrogen and oxygen atoms in total. The molecule has 23 heavy (non-hydrogen) atoms. The van der Waals surface area contributed by atoms with Crippen LogP contribution in [0, 0.1) is 11.8 Å². The molecule has 0 aromatic heterocycles. The van der Waals surface area contributed by atoms with Gasteiger partial charge in [-0.1, -0.05) is 25.4 Å². The summed E-state index contributed by atoms with van der Waals surface area (Å²) in [7, 11) is 0. The average Bonchev–Trinajstić information content (AvgIpc) is 2.49. The van der Waals surface area contributed by atoms with Crippen LogP contribution in [0.15, 0.2) is 18.2 Å². The number of carbonyl (C=O) groups excluding carboxylic acids is 1. The summed E-state index contributed by atoms with van der Waals surface area (Å²) in [4.78, 5) is 27.2. The number of hydrogen-bond donors (Lipinski definition) is 2. The van der Waals surface area contributed by atoms with Gasteiger partial charge in [-0.15, -0.1) is 0 Å². The van der Waals surface area contributed by atoms with Crippen LogP contribution in [0.5, 0.6) is 5.75 Å². The minimum absolute atomic E-state index is 0.139. The number of aromatic hydroxyl groups is 1. The Morgan fingerprint density at radius 2 is 1.78 bits per heavy atom. The van der Waals surface area contributed by atoms with Crippen molar-refractivity contribution in [2.45, 2.75) is 13.8 Å². The molecule has 1 atom stereocenters. The fraction of sp³-hybridized carbons (Fsp3) is 0.500. The van der Waals surface area contributed by atoms with E-state index in [4.69, 9.17) is 11.6 Å². The van der Waals surface area contributed by atoms with Crippen LogP contribution in [0.1, 0.15) is 13.8 Å². The smallest absolute Gasteiger partial charge is 0.316 e. The van der Waals surface area contributed by atoms with Crippen LogP contribution >= 0.6 is 11.6 Å². The van der Waals surface area contributed by atoms with E-state index >= 15 is 0 Å². The Bertz CT molecular complexity index is 598. The maximum atomic E-state index is 12.4. The number of nitrogens with zero attached hydrogens (tertiary/aromatic N) is 2. The van der Waals surface area contributed by atoms with Gasteiger partial charge in [0.05, 0.1) is 5.69 Å². The van der Waals surface area contributed by atoms with E-state index in [1.165, 1.54) is 6.07 Å². The predicted molar refractivity (Wildman–Crippen MR) is 87.9 cm³/mol. The molecule has 0 saturated carbocycles. The molecule has 0 spiro atoms. The topological polar surface area (TPSA) is 81.1 Å². The Labute approximate surface area is 140 Å². The third-order valence-corrected chi connectivity index (χ3v) is 4.30. The van der Waals surface area contributed by atoms with Gasteiger partial charge in [-0.25, -0.2) is 0 Å². The maximum Gasteiger partial charge on any atom is 0.316 e. The average molecular weight is 341 g/mol. The van der Waals surface area contributed by atoms with Crippen molar-refractivity contribution in [3.63, 3.8) is 0 Å². The third kappa shape index (κ3) is 3.88. The molecule has 2 N–H and O–H groups in total. The van der Waals surface area contributed by atoms with Gasteiger partial charge in [0.25, 0.3) is 0 Å².